The first-order valence-electron chi connectivity index (χ1n) is 8.91. The van der Waals surface area contributed by atoms with Gasteiger partial charge < -0.3 is 9.47 Å². The van der Waals surface area contributed by atoms with Crippen molar-refractivity contribution in [2.75, 3.05) is 11.4 Å². The third kappa shape index (κ3) is 1.85. The van der Waals surface area contributed by atoms with Gasteiger partial charge in [-0.05, 0) is 54.1 Å². The summed E-state index contributed by atoms with van der Waals surface area (Å²) in [5.41, 5.74) is 6.77. The van der Waals surface area contributed by atoms with E-state index in [4.69, 9.17) is 5.26 Å². The van der Waals surface area contributed by atoms with Gasteiger partial charge in [-0.3, -0.25) is 0 Å². The van der Waals surface area contributed by atoms with Crippen LogP contribution in [0.2, 0.25) is 0 Å². The Hall–Kier alpha value is -3.03. The number of rotatable bonds is 1. The van der Waals surface area contributed by atoms with Gasteiger partial charge in [0.2, 0.25) is 0 Å². The van der Waals surface area contributed by atoms with Crippen LogP contribution in [-0.4, -0.2) is 11.1 Å². The van der Waals surface area contributed by atoms with Crippen LogP contribution >= 0.6 is 15.9 Å². The average Bonchev–Trinajstić information content (AvgIpc) is 3.36. The van der Waals surface area contributed by atoms with Gasteiger partial charge in [0.25, 0.3) is 0 Å². The molecule has 3 heterocycles. The fourth-order valence-electron chi connectivity index (χ4n) is 4.55. The third-order valence-corrected chi connectivity index (χ3v) is 6.33. The second-order valence-corrected chi connectivity index (χ2v) is 8.11. The molecule has 1 saturated heterocycles. The first kappa shape index (κ1) is 15.1. The number of hydrogen-bond donors (Lipinski definition) is 0. The number of benzene rings is 3. The Kier molecular flexibility index (Phi) is 2.80. The van der Waals surface area contributed by atoms with Crippen molar-refractivity contribution in [3.05, 3.63) is 94.1 Å². The van der Waals surface area contributed by atoms with Crippen LogP contribution in [0, 0.1) is 11.3 Å². The predicted molar refractivity (Wildman–Crippen MR) is 110 cm³/mol. The third-order valence-electron chi connectivity index (χ3n) is 5.84. The number of para-hydroxylation sites is 2. The van der Waals surface area contributed by atoms with E-state index < -0.39 is 0 Å². The molecule has 3 aromatic carbocycles. The van der Waals surface area contributed by atoms with E-state index in [0.29, 0.717) is 5.56 Å². The number of nitriles is 1. The maximum atomic E-state index is 9.15. The predicted octanol–water partition coefficient (Wildman–Crippen LogP) is 5.34. The van der Waals surface area contributed by atoms with Crippen LogP contribution in [0.25, 0.3) is 16.6 Å². The molecule has 2 aliphatic heterocycles. The van der Waals surface area contributed by atoms with E-state index in [0.717, 1.165) is 11.0 Å². The van der Waals surface area contributed by atoms with Crippen molar-refractivity contribution in [1.29, 1.82) is 5.26 Å². The summed E-state index contributed by atoms with van der Waals surface area (Å²) < 4.78 is 3.49. The molecule has 3 nitrogen and oxygen atoms in total. The highest BCUT2D eigenvalue weighted by molar-refractivity contribution is 9.10. The molecule has 0 N–H and O–H groups in total. The van der Waals surface area contributed by atoms with Gasteiger partial charge in [0.15, 0.2) is 0 Å². The van der Waals surface area contributed by atoms with Crippen LogP contribution < -0.4 is 4.90 Å². The number of anilines is 1. The van der Waals surface area contributed by atoms with Crippen LogP contribution in [0.4, 0.5) is 5.69 Å². The van der Waals surface area contributed by atoms with E-state index >= 15 is 0 Å². The van der Waals surface area contributed by atoms with Crippen LogP contribution in [0.15, 0.2) is 77.3 Å². The fraction of sp³-hybridized carbons (Fsp3) is 0.0870. The van der Waals surface area contributed by atoms with Crippen LogP contribution in [0.1, 0.15) is 16.8 Å². The fourth-order valence-corrected chi connectivity index (χ4v) is 4.93. The monoisotopic (exact) mass is 411 g/mol. The van der Waals surface area contributed by atoms with Crippen LogP contribution in [0.3, 0.4) is 0 Å². The molecule has 27 heavy (non-hydrogen) atoms. The quantitative estimate of drug-likeness (QED) is 0.395. The zero-order chi connectivity index (χ0) is 18.2. The summed E-state index contributed by atoms with van der Waals surface area (Å²) in [6, 6.07) is 27.7. The molecule has 0 bridgehead atoms. The second kappa shape index (κ2) is 5.03. The molecule has 0 saturated carbocycles. The maximum absolute atomic E-state index is 9.15. The van der Waals surface area contributed by atoms with Gasteiger partial charge in [-0.1, -0.05) is 40.2 Å². The molecule has 4 aromatic rings. The van der Waals surface area contributed by atoms with Gasteiger partial charge in [-0.2, -0.15) is 5.26 Å². The van der Waals surface area contributed by atoms with Crippen molar-refractivity contribution in [2.45, 2.75) is 5.54 Å². The minimum absolute atomic E-state index is 0.159. The largest absolute Gasteiger partial charge is 0.350 e. The number of halogens is 1. The molecular weight excluding hydrogens is 398 g/mol. The maximum Gasteiger partial charge on any atom is 0.124 e. The molecule has 1 aromatic heterocycles. The second-order valence-electron chi connectivity index (χ2n) is 7.19. The Bertz CT molecular complexity index is 1280. The highest BCUT2D eigenvalue weighted by Crippen LogP contribution is 2.57. The van der Waals surface area contributed by atoms with Gasteiger partial charge >= 0.3 is 0 Å². The van der Waals surface area contributed by atoms with Crippen molar-refractivity contribution in [2.24, 2.45) is 0 Å². The minimum atomic E-state index is -0.159. The van der Waals surface area contributed by atoms with Crippen molar-refractivity contribution in [3.8, 4) is 11.8 Å². The molecular formula is C23H14BrN3. The normalized spacial score (nSPS) is 19.2. The molecule has 0 unspecified atom stereocenters. The summed E-state index contributed by atoms with van der Waals surface area (Å²) >= 11 is 3.61. The topological polar surface area (TPSA) is 31.7 Å². The zero-order valence-corrected chi connectivity index (χ0v) is 15.9. The van der Waals surface area contributed by atoms with Crippen LogP contribution in [0.5, 0.6) is 0 Å². The highest BCUT2D eigenvalue weighted by Gasteiger charge is 2.59. The van der Waals surface area contributed by atoms with E-state index in [-0.39, 0.29) is 5.54 Å². The standard InChI is InChI=1S/C23H14BrN3/c24-18-9-10-19-16(11-18)12-22-23(17-7-5-15(13-25)6-8-17)14-26(23)20-3-1-2-4-21(20)27(19)22/h1-12H,14H2/t23-,26?/m1/s1. The summed E-state index contributed by atoms with van der Waals surface area (Å²) in [7, 11) is 0. The first-order chi connectivity index (χ1) is 13.2. The lowest BCUT2D eigenvalue weighted by molar-refractivity contribution is 0.763. The minimum Gasteiger partial charge on any atom is -0.350 e. The first-order valence-corrected chi connectivity index (χ1v) is 9.71. The Balaban J connectivity index is 1.69. The Morgan fingerprint density at radius 1 is 0.926 bits per heavy atom. The number of nitrogens with zero attached hydrogens (tertiary/aromatic N) is 3. The van der Waals surface area contributed by atoms with Crippen molar-refractivity contribution < 1.29 is 0 Å². The Morgan fingerprint density at radius 3 is 2.48 bits per heavy atom. The lowest BCUT2D eigenvalue weighted by Crippen LogP contribution is -2.26. The molecule has 2 aliphatic rings. The summed E-state index contributed by atoms with van der Waals surface area (Å²) in [5, 5.41) is 10.4. The molecule has 0 amide bonds. The lowest BCUT2D eigenvalue weighted by Gasteiger charge is -2.29. The Labute approximate surface area is 165 Å². The Morgan fingerprint density at radius 2 is 1.70 bits per heavy atom. The molecule has 128 valence electrons. The lowest BCUT2D eigenvalue weighted by atomic mass is 9.92. The molecule has 0 aliphatic carbocycles. The van der Waals surface area contributed by atoms with E-state index in [1.54, 1.807) is 0 Å². The van der Waals surface area contributed by atoms with Gasteiger partial charge in [0.1, 0.15) is 5.54 Å². The number of hydrogen-bond acceptors (Lipinski definition) is 2. The average molecular weight is 412 g/mol. The van der Waals surface area contributed by atoms with Crippen LogP contribution in [-0.2, 0) is 5.54 Å². The molecule has 0 spiro atoms. The molecule has 1 fully saturated rings. The number of aromatic nitrogens is 1. The van der Waals surface area contributed by atoms with E-state index in [1.165, 1.54) is 33.5 Å². The zero-order valence-electron chi connectivity index (χ0n) is 14.4. The van der Waals surface area contributed by atoms with Crippen molar-refractivity contribution >= 4 is 32.5 Å². The SMILES string of the molecule is N#Cc1ccc([C@@]23CN2c2ccccc2-n2c3cc3cc(Br)ccc32)cc1. The van der Waals surface area contributed by atoms with Gasteiger partial charge in [-0.25, -0.2) is 0 Å². The van der Waals surface area contributed by atoms with Gasteiger partial charge in [0, 0.05) is 9.86 Å². The highest BCUT2D eigenvalue weighted by atomic mass is 79.9. The van der Waals surface area contributed by atoms with E-state index in [1.807, 2.05) is 12.1 Å². The van der Waals surface area contributed by atoms with Crippen molar-refractivity contribution in [1.82, 2.24) is 4.57 Å². The summed E-state index contributed by atoms with van der Waals surface area (Å²) in [5.74, 6) is 0. The molecule has 6 rings (SSSR count). The molecule has 4 heteroatoms. The van der Waals surface area contributed by atoms with Gasteiger partial charge in [0.05, 0.1) is 40.8 Å². The molecule has 1 atom stereocenters. The van der Waals surface area contributed by atoms with E-state index in [9.17, 15) is 0 Å². The smallest absolute Gasteiger partial charge is 0.124 e. The summed E-state index contributed by atoms with van der Waals surface area (Å²) in [4.78, 5) is 2.47. The summed E-state index contributed by atoms with van der Waals surface area (Å²) in [6.45, 7) is 0.952. The number of fused-ring (bicyclic) bond motifs is 8. The van der Waals surface area contributed by atoms with Crippen molar-refractivity contribution in [3.63, 3.8) is 0 Å². The van der Waals surface area contributed by atoms with E-state index in [2.05, 4.69) is 92.1 Å². The summed E-state index contributed by atoms with van der Waals surface area (Å²) in [6.07, 6.45) is 0. The molecule has 0 radical (unpaired) electrons. The van der Waals surface area contributed by atoms with Gasteiger partial charge in [-0.15, -0.1) is 0 Å².